The SMILES string of the molecule is COC1C(C)C(Sc2ccccc2)OC(C)C1C=O. The maximum absolute atomic E-state index is 11.2. The van der Waals surface area contributed by atoms with Gasteiger partial charge in [-0.3, -0.25) is 0 Å². The lowest BCUT2D eigenvalue weighted by molar-refractivity contribution is -0.152. The summed E-state index contributed by atoms with van der Waals surface area (Å²) in [7, 11) is 1.67. The van der Waals surface area contributed by atoms with E-state index in [1.807, 2.05) is 25.1 Å². The van der Waals surface area contributed by atoms with Crippen molar-refractivity contribution in [1.29, 1.82) is 0 Å². The highest BCUT2D eigenvalue weighted by molar-refractivity contribution is 7.99. The van der Waals surface area contributed by atoms with Crippen LogP contribution in [0.25, 0.3) is 0 Å². The zero-order chi connectivity index (χ0) is 13.8. The molecule has 5 unspecified atom stereocenters. The van der Waals surface area contributed by atoms with Crippen LogP contribution in [0.4, 0.5) is 0 Å². The van der Waals surface area contributed by atoms with Crippen LogP contribution in [0.15, 0.2) is 35.2 Å². The summed E-state index contributed by atoms with van der Waals surface area (Å²) in [6.07, 6.45) is 0.765. The lowest BCUT2D eigenvalue weighted by Crippen LogP contribution is -2.49. The molecule has 1 aromatic rings. The van der Waals surface area contributed by atoms with Crippen LogP contribution in [-0.4, -0.2) is 31.0 Å². The number of hydrogen-bond acceptors (Lipinski definition) is 4. The first kappa shape index (κ1) is 14.6. The second-order valence-corrected chi connectivity index (χ2v) is 6.09. The lowest BCUT2D eigenvalue weighted by atomic mass is 9.87. The normalized spacial score (nSPS) is 35.0. The van der Waals surface area contributed by atoms with E-state index in [4.69, 9.17) is 9.47 Å². The summed E-state index contributed by atoms with van der Waals surface area (Å²) < 4.78 is 11.5. The van der Waals surface area contributed by atoms with Crippen molar-refractivity contribution in [1.82, 2.24) is 0 Å². The van der Waals surface area contributed by atoms with Crippen molar-refractivity contribution in [3.8, 4) is 0 Å². The van der Waals surface area contributed by atoms with Crippen LogP contribution in [0.5, 0.6) is 0 Å². The number of aldehydes is 1. The number of methoxy groups -OCH3 is 1. The molecule has 5 atom stereocenters. The fraction of sp³-hybridized carbons (Fsp3) is 0.533. The number of carbonyl (C=O) groups is 1. The smallest absolute Gasteiger partial charge is 0.128 e. The molecule has 0 aliphatic carbocycles. The molecule has 1 fully saturated rings. The molecule has 1 aliphatic heterocycles. The molecule has 0 aromatic heterocycles. The molecule has 1 saturated heterocycles. The third-order valence-electron chi connectivity index (χ3n) is 3.64. The number of ether oxygens (including phenoxy) is 2. The van der Waals surface area contributed by atoms with Gasteiger partial charge >= 0.3 is 0 Å². The van der Waals surface area contributed by atoms with Gasteiger partial charge in [0.15, 0.2) is 0 Å². The van der Waals surface area contributed by atoms with Gasteiger partial charge in [0.05, 0.1) is 18.1 Å². The van der Waals surface area contributed by atoms with Gasteiger partial charge in [0, 0.05) is 17.9 Å². The Morgan fingerprint density at radius 2 is 1.95 bits per heavy atom. The third kappa shape index (κ3) is 3.19. The largest absolute Gasteiger partial charge is 0.380 e. The molecule has 0 N–H and O–H groups in total. The topological polar surface area (TPSA) is 35.5 Å². The van der Waals surface area contributed by atoms with Crippen LogP contribution in [0.3, 0.4) is 0 Å². The third-order valence-corrected chi connectivity index (χ3v) is 4.96. The van der Waals surface area contributed by atoms with Gasteiger partial charge in [0.25, 0.3) is 0 Å². The van der Waals surface area contributed by atoms with Gasteiger partial charge in [0.2, 0.25) is 0 Å². The van der Waals surface area contributed by atoms with Crippen molar-refractivity contribution in [2.24, 2.45) is 11.8 Å². The van der Waals surface area contributed by atoms with Crippen LogP contribution < -0.4 is 0 Å². The molecular formula is C15H20O3S. The summed E-state index contributed by atoms with van der Waals surface area (Å²) in [5.74, 6) is -0.0192. The van der Waals surface area contributed by atoms with Gasteiger partial charge in [-0.25, -0.2) is 0 Å². The molecule has 104 valence electrons. The molecule has 2 rings (SSSR count). The Balaban J connectivity index is 2.12. The van der Waals surface area contributed by atoms with Crippen molar-refractivity contribution < 1.29 is 14.3 Å². The van der Waals surface area contributed by atoms with Crippen LogP contribution in [-0.2, 0) is 14.3 Å². The monoisotopic (exact) mass is 280 g/mol. The molecule has 1 aromatic carbocycles. The Hall–Kier alpha value is -0.840. The van der Waals surface area contributed by atoms with Crippen LogP contribution >= 0.6 is 11.8 Å². The van der Waals surface area contributed by atoms with Crippen LogP contribution in [0.2, 0.25) is 0 Å². The molecular weight excluding hydrogens is 260 g/mol. The summed E-state index contributed by atoms with van der Waals surface area (Å²) in [5.41, 5.74) is 0.0125. The fourth-order valence-corrected chi connectivity index (χ4v) is 3.71. The average Bonchev–Trinajstić information content (AvgIpc) is 2.43. The number of rotatable bonds is 4. The lowest BCUT2D eigenvalue weighted by Gasteiger charge is -2.42. The maximum Gasteiger partial charge on any atom is 0.128 e. The molecule has 0 spiro atoms. The molecule has 3 nitrogen and oxygen atoms in total. The molecule has 19 heavy (non-hydrogen) atoms. The van der Waals surface area contributed by atoms with E-state index >= 15 is 0 Å². The highest BCUT2D eigenvalue weighted by atomic mass is 32.2. The molecule has 0 bridgehead atoms. The molecule has 4 heteroatoms. The van der Waals surface area contributed by atoms with Crippen molar-refractivity contribution in [3.63, 3.8) is 0 Å². The predicted octanol–water partition coefficient (Wildman–Crippen LogP) is 2.99. The Morgan fingerprint density at radius 1 is 1.26 bits per heavy atom. The van der Waals surface area contributed by atoms with E-state index in [0.717, 1.165) is 6.29 Å². The van der Waals surface area contributed by atoms with Crippen molar-refractivity contribution >= 4 is 18.0 Å². The van der Waals surface area contributed by atoms with Crippen LogP contribution in [0.1, 0.15) is 13.8 Å². The van der Waals surface area contributed by atoms with E-state index in [2.05, 4.69) is 19.1 Å². The molecule has 1 heterocycles. The highest BCUT2D eigenvalue weighted by Crippen LogP contribution is 2.39. The number of hydrogen-bond donors (Lipinski definition) is 0. The van der Waals surface area contributed by atoms with Crippen molar-refractivity contribution in [3.05, 3.63) is 30.3 Å². The van der Waals surface area contributed by atoms with E-state index in [-0.39, 0.29) is 29.5 Å². The molecule has 0 radical (unpaired) electrons. The van der Waals surface area contributed by atoms with Gasteiger partial charge in [-0.05, 0) is 19.1 Å². The summed E-state index contributed by atoms with van der Waals surface area (Å²) in [5, 5.41) is 0. The van der Waals surface area contributed by atoms with E-state index in [0.29, 0.717) is 0 Å². The number of thioether (sulfide) groups is 1. The van der Waals surface area contributed by atoms with Crippen LogP contribution in [0, 0.1) is 11.8 Å². The second-order valence-electron chi connectivity index (χ2n) is 4.91. The molecule has 0 amide bonds. The van der Waals surface area contributed by atoms with Gasteiger partial charge in [-0.15, -0.1) is 0 Å². The molecule has 0 saturated carbocycles. The highest BCUT2D eigenvalue weighted by Gasteiger charge is 2.42. The van der Waals surface area contributed by atoms with E-state index < -0.39 is 0 Å². The van der Waals surface area contributed by atoms with Gasteiger partial charge in [-0.2, -0.15) is 0 Å². The van der Waals surface area contributed by atoms with Gasteiger partial charge < -0.3 is 14.3 Å². The van der Waals surface area contributed by atoms with Crippen molar-refractivity contribution in [2.75, 3.05) is 7.11 Å². The zero-order valence-electron chi connectivity index (χ0n) is 11.5. The Morgan fingerprint density at radius 3 is 2.53 bits per heavy atom. The average molecular weight is 280 g/mol. The van der Waals surface area contributed by atoms with Crippen molar-refractivity contribution in [2.45, 2.75) is 36.4 Å². The van der Waals surface area contributed by atoms with Gasteiger partial charge in [0.1, 0.15) is 11.7 Å². The zero-order valence-corrected chi connectivity index (χ0v) is 12.3. The standard InChI is InChI=1S/C15H20O3S/c1-10-14(17-3)13(9-16)11(2)18-15(10)19-12-7-5-4-6-8-12/h4-11,13-15H,1-3H3. The minimum atomic E-state index is -0.187. The second kappa shape index (κ2) is 6.55. The summed E-state index contributed by atoms with van der Waals surface area (Å²) in [6.45, 7) is 4.02. The minimum absolute atomic E-state index is 0.0125. The van der Waals surface area contributed by atoms with E-state index in [1.165, 1.54) is 4.90 Å². The predicted molar refractivity (Wildman–Crippen MR) is 76.1 cm³/mol. The minimum Gasteiger partial charge on any atom is -0.380 e. The van der Waals surface area contributed by atoms with E-state index in [1.54, 1.807) is 18.9 Å². The molecule has 1 aliphatic rings. The Labute approximate surface area is 118 Å². The van der Waals surface area contributed by atoms with E-state index in [9.17, 15) is 4.79 Å². The first-order valence-corrected chi connectivity index (χ1v) is 7.40. The maximum atomic E-state index is 11.2. The Kier molecular flexibility index (Phi) is 5.02. The first-order valence-electron chi connectivity index (χ1n) is 6.52. The fourth-order valence-electron chi connectivity index (χ4n) is 2.53. The number of benzene rings is 1. The first-order chi connectivity index (χ1) is 9.17. The summed E-state index contributed by atoms with van der Waals surface area (Å²) in [4.78, 5) is 12.4. The summed E-state index contributed by atoms with van der Waals surface area (Å²) in [6, 6.07) is 10.2. The van der Waals surface area contributed by atoms with Gasteiger partial charge in [-0.1, -0.05) is 36.9 Å². The quantitative estimate of drug-likeness (QED) is 0.794. The summed E-state index contributed by atoms with van der Waals surface area (Å²) >= 11 is 1.69. The Bertz CT molecular complexity index is 409. The number of carbonyl (C=O) groups excluding carboxylic acids is 1.